The van der Waals surface area contributed by atoms with E-state index < -0.39 is 7.56 Å². The minimum atomic E-state index is -1.79. The Morgan fingerprint density at radius 2 is 1.18 bits per heavy atom. The molecule has 28 heavy (non-hydrogen) atoms. The average Bonchev–Trinajstić information content (AvgIpc) is 2.73. The summed E-state index contributed by atoms with van der Waals surface area (Å²) in [5.41, 5.74) is 2.74. The first kappa shape index (κ1) is 22.8. The Morgan fingerprint density at radius 1 is 0.714 bits per heavy atom. The van der Waals surface area contributed by atoms with Crippen molar-refractivity contribution in [3.05, 3.63) is 102 Å². The van der Waals surface area contributed by atoms with Crippen LogP contribution in [0.25, 0.3) is 0 Å². The summed E-state index contributed by atoms with van der Waals surface area (Å²) in [5.74, 6) is 0. The maximum atomic E-state index is 2.62. The van der Waals surface area contributed by atoms with Crippen molar-refractivity contribution in [2.45, 2.75) is 19.1 Å². The Hall–Kier alpha value is -1.51. The van der Waals surface area contributed by atoms with Crippen LogP contribution < -0.4 is 22.3 Å². The van der Waals surface area contributed by atoms with Gasteiger partial charge in [-0.25, -0.2) is 0 Å². The quantitative estimate of drug-likeness (QED) is 0.504. The van der Waals surface area contributed by atoms with Crippen molar-refractivity contribution in [2.75, 3.05) is 21.1 Å². The van der Waals surface area contributed by atoms with E-state index in [9.17, 15) is 0 Å². The van der Waals surface area contributed by atoms with Gasteiger partial charge in [-0.3, -0.25) is 0 Å². The van der Waals surface area contributed by atoms with Gasteiger partial charge in [-0.2, -0.15) is 9.34 Å². The summed E-state index contributed by atoms with van der Waals surface area (Å²) in [6.07, 6.45) is 1.03. The van der Waals surface area contributed by atoms with Crippen LogP contribution in [0.2, 0.25) is 0 Å². The van der Waals surface area contributed by atoms with E-state index >= 15 is 0 Å². The van der Waals surface area contributed by atoms with E-state index in [0.29, 0.717) is 6.04 Å². The minimum Gasteiger partial charge on any atom is -1.00 e. The molecule has 0 aliphatic rings. The molecule has 2 atom stereocenters. The van der Waals surface area contributed by atoms with Gasteiger partial charge in [0.05, 0.1) is 6.04 Å². The molecule has 0 aliphatic heterocycles. The smallest absolute Gasteiger partial charge is 0.190 e. The molecule has 0 amide bonds. The topological polar surface area (TPSA) is 6.48 Å². The molecule has 4 heteroatoms. The number of rotatable bonds is 7. The highest BCUT2D eigenvalue weighted by Crippen LogP contribution is 2.66. The third-order valence-electron chi connectivity index (χ3n) is 5.44. The second kappa shape index (κ2) is 10.3. The highest BCUT2D eigenvalue weighted by Gasteiger charge is 2.50. The molecule has 3 aromatic rings. The van der Waals surface area contributed by atoms with Crippen LogP contribution >= 0.6 is 7.56 Å². The first-order valence-corrected chi connectivity index (χ1v) is 11.4. The lowest BCUT2D eigenvalue weighted by molar-refractivity contribution is -0.00000569. The Bertz CT molecular complexity index is 827. The number of halogens is 1. The summed E-state index contributed by atoms with van der Waals surface area (Å²) < 4.78 is 5.08. The molecule has 2 unspecified atom stereocenters. The van der Waals surface area contributed by atoms with Crippen LogP contribution in [0.3, 0.4) is 0 Å². The average molecular weight is 457 g/mol. The molecule has 0 bridgehead atoms. The fourth-order valence-corrected chi connectivity index (χ4v) is 7.93. The summed E-state index contributed by atoms with van der Waals surface area (Å²) in [5, 5.41) is 1.42. The monoisotopic (exact) mass is 456 g/mol. The van der Waals surface area contributed by atoms with Crippen LogP contribution in [0, 0.1) is 0 Å². The van der Waals surface area contributed by atoms with Crippen LogP contribution in [0.4, 0.5) is 0 Å². The third-order valence-corrected chi connectivity index (χ3v) is 10.1. The molecule has 0 heterocycles. The Labute approximate surface area is 181 Å². The zero-order valence-corrected chi connectivity index (χ0v) is 19.6. The van der Waals surface area contributed by atoms with Crippen molar-refractivity contribution in [1.82, 2.24) is 9.34 Å². The van der Waals surface area contributed by atoms with Gasteiger partial charge >= 0.3 is 0 Å². The number of benzene rings is 3. The molecule has 0 radical (unpaired) electrons. The van der Waals surface area contributed by atoms with Gasteiger partial charge in [-0.05, 0) is 30.2 Å². The predicted octanol–water partition coefficient (Wildman–Crippen LogP) is 2.62. The van der Waals surface area contributed by atoms with Gasteiger partial charge in [0.1, 0.15) is 11.5 Å². The Morgan fingerprint density at radius 3 is 1.68 bits per heavy atom. The molecule has 0 aromatic heterocycles. The lowest BCUT2D eigenvalue weighted by Gasteiger charge is -2.41. The summed E-state index contributed by atoms with van der Waals surface area (Å²) in [6.45, 7) is 2.32. The van der Waals surface area contributed by atoms with Gasteiger partial charge < -0.3 is 17.0 Å². The normalized spacial score (nSPS) is 14.4. The number of hydrogen-bond acceptors (Lipinski definition) is 2. The Balaban J connectivity index is 0.00000280. The number of nitrogens with zero attached hydrogens (tertiary/aromatic N) is 2. The standard InChI is InChI=1S/C24H30N2P.BrH/c1-21(23-16-10-6-11-17-23)26(4)27(25(2)3,24-18-12-7-13-19-24)20-22-14-8-5-9-15-22;/h5-19,21H,20H2,1-4H3;1H/q+1;/p-1. The molecule has 3 aromatic carbocycles. The lowest BCUT2D eigenvalue weighted by atomic mass is 10.1. The third kappa shape index (κ3) is 4.72. The minimum absolute atomic E-state index is 0. The zero-order chi connectivity index (χ0) is 19.3. The van der Waals surface area contributed by atoms with E-state index in [0.717, 1.165) is 6.16 Å². The fraction of sp³-hybridized carbons (Fsp3) is 0.250. The molecular weight excluding hydrogens is 427 g/mol. The molecule has 0 fully saturated rings. The van der Waals surface area contributed by atoms with Crippen molar-refractivity contribution < 1.29 is 17.0 Å². The van der Waals surface area contributed by atoms with E-state index in [1.807, 2.05) is 0 Å². The molecular formula is C24H30BrN2P. The van der Waals surface area contributed by atoms with Crippen molar-refractivity contribution in [3.8, 4) is 0 Å². The molecule has 0 saturated carbocycles. The van der Waals surface area contributed by atoms with E-state index in [4.69, 9.17) is 0 Å². The molecule has 0 N–H and O–H groups in total. The van der Waals surface area contributed by atoms with E-state index in [-0.39, 0.29) is 17.0 Å². The summed E-state index contributed by atoms with van der Waals surface area (Å²) in [4.78, 5) is 0. The lowest BCUT2D eigenvalue weighted by Crippen LogP contribution is -3.00. The van der Waals surface area contributed by atoms with Gasteiger partial charge in [0, 0.05) is 21.1 Å². The summed E-state index contributed by atoms with van der Waals surface area (Å²) in [6, 6.07) is 33.1. The molecule has 2 nitrogen and oxygen atoms in total. The first-order valence-electron chi connectivity index (χ1n) is 9.49. The van der Waals surface area contributed by atoms with Crippen molar-refractivity contribution in [2.24, 2.45) is 0 Å². The van der Waals surface area contributed by atoms with Gasteiger partial charge in [-0.1, -0.05) is 78.9 Å². The van der Waals surface area contributed by atoms with Crippen molar-refractivity contribution >= 4 is 12.9 Å². The Kier molecular flexibility index (Phi) is 8.39. The van der Waals surface area contributed by atoms with Crippen molar-refractivity contribution in [3.63, 3.8) is 0 Å². The molecule has 3 rings (SSSR count). The maximum Gasteiger partial charge on any atom is 0.190 e. The van der Waals surface area contributed by atoms with Crippen molar-refractivity contribution in [1.29, 1.82) is 0 Å². The highest BCUT2D eigenvalue weighted by atomic mass is 79.9. The predicted molar refractivity (Wildman–Crippen MR) is 119 cm³/mol. The van der Waals surface area contributed by atoms with Gasteiger partial charge in [0.2, 0.25) is 0 Å². The maximum absolute atomic E-state index is 2.62. The molecule has 0 spiro atoms. The van der Waals surface area contributed by atoms with Crippen LogP contribution in [0.1, 0.15) is 24.1 Å². The number of hydrogen-bond donors (Lipinski definition) is 0. The molecule has 0 aliphatic carbocycles. The molecule has 0 saturated heterocycles. The van der Waals surface area contributed by atoms with Crippen LogP contribution in [-0.4, -0.2) is 30.5 Å². The van der Waals surface area contributed by atoms with Crippen LogP contribution in [0.5, 0.6) is 0 Å². The second-order valence-corrected chi connectivity index (χ2v) is 10.9. The van der Waals surface area contributed by atoms with Gasteiger partial charge in [-0.15, -0.1) is 0 Å². The van der Waals surface area contributed by atoms with Crippen LogP contribution in [-0.2, 0) is 6.16 Å². The fourth-order valence-electron chi connectivity index (χ4n) is 3.78. The summed E-state index contributed by atoms with van der Waals surface area (Å²) in [7, 11) is 4.97. The van der Waals surface area contributed by atoms with Gasteiger partial charge in [0.15, 0.2) is 7.56 Å². The summed E-state index contributed by atoms with van der Waals surface area (Å²) >= 11 is 0. The molecule has 148 valence electrons. The van der Waals surface area contributed by atoms with Gasteiger partial charge in [0.25, 0.3) is 0 Å². The SMILES string of the molecule is CC(c1ccccc1)N(C)[P+](Cc1ccccc1)(c1ccccc1)N(C)C.[Br-]. The van der Waals surface area contributed by atoms with Crippen LogP contribution in [0.15, 0.2) is 91.0 Å². The van der Waals surface area contributed by atoms with E-state index in [2.05, 4.69) is 128 Å². The first-order chi connectivity index (χ1) is 13.1. The van der Waals surface area contributed by atoms with E-state index in [1.54, 1.807) is 0 Å². The van der Waals surface area contributed by atoms with E-state index in [1.165, 1.54) is 16.4 Å². The zero-order valence-electron chi connectivity index (χ0n) is 17.2. The second-order valence-electron chi connectivity index (χ2n) is 7.22. The highest BCUT2D eigenvalue weighted by molar-refractivity contribution is 7.77. The largest absolute Gasteiger partial charge is 1.00 e.